The number of allylic oxidation sites excluding steroid dienone is 18. The lowest BCUT2D eigenvalue weighted by atomic mass is 10.1. The second-order valence-corrected chi connectivity index (χ2v) is 19.1. The Kier molecular flexibility index (Phi) is 55.4. The van der Waals surface area contributed by atoms with Crippen molar-refractivity contribution >= 4 is 17.9 Å². The molecule has 0 aliphatic carbocycles. The van der Waals surface area contributed by atoms with Crippen molar-refractivity contribution in [1.29, 1.82) is 0 Å². The number of rotatable bonds is 52. The summed E-state index contributed by atoms with van der Waals surface area (Å²) >= 11 is 0. The Balaban J connectivity index is 4.48. The van der Waals surface area contributed by atoms with Crippen molar-refractivity contribution in [1.82, 2.24) is 0 Å². The molecule has 0 aromatic rings. The van der Waals surface area contributed by atoms with Gasteiger partial charge in [0.1, 0.15) is 13.2 Å². The Morgan fingerprint density at radius 2 is 0.549 bits per heavy atom. The van der Waals surface area contributed by atoms with E-state index in [1.165, 1.54) is 89.9 Å². The van der Waals surface area contributed by atoms with Gasteiger partial charge in [0.05, 0.1) is 0 Å². The highest BCUT2D eigenvalue weighted by atomic mass is 16.6. The third-order valence-electron chi connectivity index (χ3n) is 12.2. The molecule has 0 saturated heterocycles. The predicted octanol–water partition coefficient (Wildman–Crippen LogP) is 19.9. The standard InChI is InChI=1S/C65H108O6/c1-4-7-10-13-16-19-22-25-28-30-32-34-37-40-43-46-49-52-55-58-64(67)70-61-62(60-69-63(66)57-54-51-48-45-42-39-36-27-24-21-18-15-12-9-6-3)71-65(68)59-56-53-50-47-44-41-38-35-33-31-29-26-23-20-17-14-11-8-5-2/h7,9-10,12,16,18-19,21,25,27-28,31-34,36,40,43,62H,4-6,8,11,13-15,17,20,22-24,26,29-30,35,37-39,41-42,44-61H2,1-3H3/b10-7-,12-9-,19-16-,21-18-,28-25-,33-31-,34-32-,36-27-,43-40-/t62-/m1/s1. The Morgan fingerprint density at radius 1 is 0.296 bits per heavy atom. The fraction of sp³-hybridized carbons (Fsp3) is 0.677. The quantitative estimate of drug-likeness (QED) is 0.0261. The first-order valence-corrected chi connectivity index (χ1v) is 29.4. The van der Waals surface area contributed by atoms with Crippen LogP contribution in [0.4, 0.5) is 0 Å². The van der Waals surface area contributed by atoms with Gasteiger partial charge in [-0.2, -0.15) is 0 Å². The summed E-state index contributed by atoms with van der Waals surface area (Å²) in [7, 11) is 0. The van der Waals surface area contributed by atoms with Crippen LogP contribution in [0.5, 0.6) is 0 Å². The van der Waals surface area contributed by atoms with E-state index in [0.717, 1.165) is 135 Å². The molecule has 0 aliphatic heterocycles. The molecule has 0 N–H and O–H groups in total. The maximum absolute atomic E-state index is 12.9. The number of carbonyl (C=O) groups excluding carboxylic acids is 3. The first-order valence-electron chi connectivity index (χ1n) is 29.4. The van der Waals surface area contributed by atoms with Gasteiger partial charge in [-0.25, -0.2) is 0 Å². The molecule has 71 heavy (non-hydrogen) atoms. The SMILES string of the molecule is CC/C=C\C/C=C\C/C=C\C/C=C\C/C=C\CCCCCC(=O)OC[C@@H](COC(=O)CCCCCCC/C=C\C/C=C\C/C=C\CC)OC(=O)CCCCCCCCC/C=C\CCCCCCCCCC. The van der Waals surface area contributed by atoms with Crippen LogP contribution in [0, 0.1) is 0 Å². The first-order chi connectivity index (χ1) is 35.0. The molecule has 0 saturated carbocycles. The topological polar surface area (TPSA) is 78.9 Å². The fourth-order valence-corrected chi connectivity index (χ4v) is 7.89. The monoisotopic (exact) mass is 985 g/mol. The summed E-state index contributed by atoms with van der Waals surface area (Å²) in [6.07, 6.45) is 79.4. The molecule has 0 unspecified atom stereocenters. The van der Waals surface area contributed by atoms with E-state index in [4.69, 9.17) is 14.2 Å². The molecule has 0 aromatic carbocycles. The van der Waals surface area contributed by atoms with Crippen molar-refractivity contribution < 1.29 is 28.6 Å². The molecule has 0 aromatic heterocycles. The van der Waals surface area contributed by atoms with Gasteiger partial charge in [-0.1, -0.05) is 233 Å². The molecular weight excluding hydrogens is 877 g/mol. The smallest absolute Gasteiger partial charge is 0.306 e. The van der Waals surface area contributed by atoms with E-state index in [1.807, 2.05) is 0 Å². The second-order valence-electron chi connectivity index (χ2n) is 19.1. The van der Waals surface area contributed by atoms with Crippen LogP contribution < -0.4 is 0 Å². The lowest BCUT2D eigenvalue weighted by Crippen LogP contribution is -2.30. The van der Waals surface area contributed by atoms with Crippen LogP contribution in [-0.4, -0.2) is 37.2 Å². The highest BCUT2D eigenvalue weighted by Gasteiger charge is 2.19. The van der Waals surface area contributed by atoms with Crippen molar-refractivity contribution in [3.63, 3.8) is 0 Å². The van der Waals surface area contributed by atoms with Gasteiger partial charge in [-0.3, -0.25) is 14.4 Å². The number of esters is 3. The number of hydrogen-bond acceptors (Lipinski definition) is 6. The van der Waals surface area contributed by atoms with Gasteiger partial charge in [-0.05, 0) is 122 Å². The molecular formula is C65H108O6. The summed E-state index contributed by atoms with van der Waals surface area (Å²) in [5.41, 5.74) is 0. The van der Waals surface area contributed by atoms with E-state index in [9.17, 15) is 14.4 Å². The van der Waals surface area contributed by atoms with Crippen molar-refractivity contribution in [3.8, 4) is 0 Å². The zero-order valence-electron chi connectivity index (χ0n) is 46.2. The molecule has 0 radical (unpaired) electrons. The molecule has 404 valence electrons. The first kappa shape index (κ1) is 67.1. The number of carbonyl (C=O) groups is 3. The average molecular weight is 986 g/mol. The van der Waals surface area contributed by atoms with Gasteiger partial charge >= 0.3 is 17.9 Å². The molecule has 0 spiro atoms. The summed E-state index contributed by atoms with van der Waals surface area (Å²) in [6.45, 7) is 6.38. The van der Waals surface area contributed by atoms with Crippen LogP contribution in [0.25, 0.3) is 0 Å². The number of ether oxygens (including phenoxy) is 3. The molecule has 0 bridgehead atoms. The molecule has 1 atom stereocenters. The summed E-state index contributed by atoms with van der Waals surface area (Å²) in [5, 5.41) is 0. The van der Waals surface area contributed by atoms with Crippen molar-refractivity contribution in [2.45, 2.75) is 271 Å². The van der Waals surface area contributed by atoms with Gasteiger partial charge in [0.2, 0.25) is 0 Å². The minimum absolute atomic E-state index is 0.101. The van der Waals surface area contributed by atoms with Gasteiger partial charge in [0.25, 0.3) is 0 Å². The van der Waals surface area contributed by atoms with E-state index in [-0.39, 0.29) is 31.1 Å². The van der Waals surface area contributed by atoms with Crippen LogP contribution >= 0.6 is 0 Å². The van der Waals surface area contributed by atoms with E-state index < -0.39 is 6.10 Å². The molecule has 6 heteroatoms. The Hall–Kier alpha value is -3.93. The third-order valence-corrected chi connectivity index (χ3v) is 12.2. The second kappa shape index (κ2) is 58.6. The highest BCUT2D eigenvalue weighted by molar-refractivity contribution is 5.71. The maximum Gasteiger partial charge on any atom is 0.306 e. The summed E-state index contributed by atoms with van der Waals surface area (Å²) < 4.78 is 16.8. The van der Waals surface area contributed by atoms with E-state index >= 15 is 0 Å². The van der Waals surface area contributed by atoms with Crippen molar-refractivity contribution in [2.75, 3.05) is 13.2 Å². The summed E-state index contributed by atoms with van der Waals surface area (Å²) in [5.74, 6) is -0.951. The summed E-state index contributed by atoms with van der Waals surface area (Å²) in [6, 6.07) is 0. The maximum atomic E-state index is 12.9. The van der Waals surface area contributed by atoms with Gasteiger partial charge in [0.15, 0.2) is 6.10 Å². The van der Waals surface area contributed by atoms with Crippen LogP contribution in [0.2, 0.25) is 0 Å². The molecule has 6 nitrogen and oxygen atoms in total. The van der Waals surface area contributed by atoms with Crippen LogP contribution in [-0.2, 0) is 28.6 Å². The lowest BCUT2D eigenvalue weighted by molar-refractivity contribution is -0.167. The van der Waals surface area contributed by atoms with Crippen LogP contribution in [0.15, 0.2) is 109 Å². The average Bonchev–Trinajstić information content (AvgIpc) is 3.37. The summed E-state index contributed by atoms with van der Waals surface area (Å²) in [4.78, 5) is 38.2. The van der Waals surface area contributed by atoms with E-state index in [0.29, 0.717) is 19.3 Å². The third kappa shape index (κ3) is 56.9. The largest absolute Gasteiger partial charge is 0.462 e. The minimum atomic E-state index is -0.804. The minimum Gasteiger partial charge on any atom is -0.462 e. The van der Waals surface area contributed by atoms with Gasteiger partial charge in [-0.15, -0.1) is 0 Å². The van der Waals surface area contributed by atoms with Gasteiger partial charge in [0, 0.05) is 19.3 Å². The Bertz CT molecular complexity index is 1460. The van der Waals surface area contributed by atoms with Crippen LogP contribution in [0.1, 0.15) is 265 Å². The van der Waals surface area contributed by atoms with Gasteiger partial charge < -0.3 is 14.2 Å². The van der Waals surface area contributed by atoms with Crippen molar-refractivity contribution in [3.05, 3.63) is 109 Å². The zero-order valence-corrected chi connectivity index (χ0v) is 46.2. The molecule has 0 heterocycles. The van der Waals surface area contributed by atoms with Crippen LogP contribution in [0.3, 0.4) is 0 Å². The molecule has 0 rings (SSSR count). The van der Waals surface area contributed by atoms with E-state index in [1.54, 1.807) is 0 Å². The number of hydrogen-bond donors (Lipinski definition) is 0. The predicted molar refractivity (Wildman–Crippen MR) is 307 cm³/mol. The lowest BCUT2D eigenvalue weighted by Gasteiger charge is -2.18. The fourth-order valence-electron chi connectivity index (χ4n) is 7.89. The number of unbranched alkanes of at least 4 members (excludes halogenated alkanes) is 23. The Labute approximate surface area is 438 Å². The zero-order chi connectivity index (χ0) is 51.4. The Morgan fingerprint density at radius 3 is 0.887 bits per heavy atom. The van der Waals surface area contributed by atoms with Crippen molar-refractivity contribution in [2.24, 2.45) is 0 Å². The molecule has 0 fully saturated rings. The normalized spacial score (nSPS) is 12.9. The molecule has 0 aliphatic rings. The molecule has 0 amide bonds. The van der Waals surface area contributed by atoms with E-state index in [2.05, 4.69) is 130 Å². The highest BCUT2D eigenvalue weighted by Crippen LogP contribution is 2.14.